The lowest BCUT2D eigenvalue weighted by molar-refractivity contribution is -0.117. The number of terminal acetylenes is 1. The summed E-state index contributed by atoms with van der Waals surface area (Å²) in [5, 5.41) is 14.4. The third kappa shape index (κ3) is 6.96. The van der Waals surface area contributed by atoms with Crippen molar-refractivity contribution in [2.75, 3.05) is 82.1 Å². The molecule has 1 amide bonds. The molecule has 4 aliphatic rings. The SMILES string of the molecule is C#Cc1c(F)ccc2c1N(c1ncc3c(N4CCOC[C@H](NC(=O)C=C)C4)nc(OCC4(CN5CCOCC5)CC4)nc3c1F)C[C@@](C)(O)C2. The molecule has 264 valence electrons. The van der Waals surface area contributed by atoms with Gasteiger partial charge in [-0.05, 0) is 37.5 Å². The summed E-state index contributed by atoms with van der Waals surface area (Å²) in [5.74, 6) is 0.823. The van der Waals surface area contributed by atoms with Crippen LogP contribution in [0.25, 0.3) is 10.9 Å². The van der Waals surface area contributed by atoms with E-state index in [9.17, 15) is 14.3 Å². The van der Waals surface area contributed by atoms with Gasteiger partial charge in [-0.2, -0.15) is 9.97 Å². The molecule has 12 nitrogen and oxygen atoms in total. The first-order chi connectivity index (χ1) is 24.1. The van der Waals surface area contributed by atoms with E-state index in [1.54, 1.807) is 13.0 Å². The number of carbonyl (C=O) groups excluding carboxylic acids is 1. The summed E-state index contributed by atoms with van der Waals surface area (Å²) in [6, 6.07) is 2.39. The highest BCUT2D eigenvalue weighted by Gasteiger charge is 2.45. The second-order valence-electron chi connectivity index (χ2n) is 13.9. The van der Waals surface area contributed by atoms with Gasteiger partial charge in [0.15, 0.2) is 11.6 Å². The van der Waals surface area contributed by atoms with E-state index in [2.05, 4.69) is 32.7 Å². The van der Waals surface area contributed by atoms with Gasteiger partial charge in [-0.3, -0.25) is 9.69 Å². The fourth-order valence-electron chi connectivity index (χ4n) is 7.10. The molecule has 5 heterocycles. The zero-order valence-corrected chi connectivity index (χ0v) is 28.1. The average molecular weight is 690 g/mol. The molecule has 1 saturated carbocycles. The lowest BCUT2D eigenvalue weighted by Crippen LogP contribution is -2.45. The summed E-state index contributed by atoms with van der Waals surface area (Å²) < 4.78 is 49.6. The molecule has 1 aromatic carbocycles. The molecule has 14 heteroatoms. The van der Waals surface area contributed by atoms with Gasteiger partial charge in [-0.25, -0.2) is 13.8 Å². The van der Waals surface area contributed by atoms with Crippen LogP contribution in [-0.2, 0) is 20.7 Å². The first-order valence-corrected chi connectivity index (χ1v) is 16.9. The molecule has 0 radical (unpaired) electrons. The van der Waals surface area contributed by atoms with Crippen molar-refractivity contribution in [3.63, 3.8) is 0 Å². The Morgan fingerprint density at radius 3 is 2.72 bits per heavy atom. The van der Waals surface area contributed by atoms with Crippen LogP contribution in [0.15, 0.2) is 31.0 Å². The Balaban J connectivity index is 1.29. The number of halogens is 2. The number of aliphatic hydroxyl groups is 1. The van der Waals surface area contributed by atoms with Crippen LogP contribution in [0, 0.1) is 29.4 Å². The fraction of sp³-hybridized carbons (Fsp3) is 0.500. The maximum Gasteiger partial charge on any atom is 0.319 e. The largest absolute Gasteiger partial charge is 0.463 e. The van der Waals surface area contributed by atoms with Gasteiger partial charge in [0, 0.05) is 50.8 Å². The number of amides is 1. The molecule has 7 rings (SSSR count). The van der Waals surface area contributed by atoms with Crippen molar-refractivity contribution < 1.29 is 32.9 Å². The maximum atomic E-state index is 17.0. The monoisotopic (exact) mass is 689 g/mol. The maximum absolute atomic E-state index is 17.0. The molecule has 3 fully saturated rings. The van der Waals surface area contributed by atoms with Crippen molar-refractivity contribution in [1.29, 1.82) is 0 Å². The van der Waals surface area contributed by atoms with E-state index in [4.69, 9.17) is 25.6 Å². The van der Waals surface area contributed by atoms with Crippen LogP contribution in [0.3, 0.4) is 0 Å². The van der Waals surface area contributed by atoms with Crippen molar-refractivity contribution >= 4 is 34.1 Å². The van der Waals surface area contributed by atoms with Crippen LogP contribution in [0.2, 0.25) is 0 Å². The zero-order valence-electron chi connectivity index (χ0n) is 28.1. The van der Waals surface area contributed by atoms with Crippen molar-refractivity contribution in [1.82, 2.24) is 25.2 Å². The molecule has 50 heavy (non-hydrogen) atoms. The molecular weight excluding hydrogens is 648 g/mol. The normalized spacial score (nSPS) is 23.5. The summed E-state index contributed by atoms with van der Waals surface area (Å²) >= 11 is 0. The number of pyridine rings is 1. The van der Waals surface area contributed by atoms with Crippen LogP contribution in [0.5, 0.6) is 6.01 Å². The van der Waals surface area contributed by atoms with Gasteiger partial charge in [0.25, 0.3) is 0 Å². The predicted octanol–water partition coefficient (Wildman–Crippen LogP) is 2.73. The minimum Gasteiger partial charge on any atom is -0.463 e. The van der Waals surface area contributed by atoms with Gasteiger partial charge in [0.2, 0.25) is 5.91 Å². The lowest BCUT2D eigenvalue weighted by atomic mass is 9.88. The number of anilines is 3. The van der Waals surface area contributed by atoms with E-state index in [0.29, 0.717) is 56.3 Å². The Bertz CT molecular complexity index is 1840. The Morgan fingerprint density at radius 2 is 1.98 bits per heavy atom. The highest BCUT2D eigenvalue weighted by molar-refractivity contribution is 5.92. The van der Waals surface area contributed by atoms with E-state index < -0.39 is 23.3 Å². The van der Waals surface area contributed by atoms with Gasteiger partial charge in [-0.15, -0.1) is 6.42 Å². The Hall–Kier alpha value is -4.42. The van der Waals surface area contributed by atoms with E-state index >= 15 is 4.39 Å². The number of β-amino-alcohol motifs (C(OH)–C–C–N with tert-alkyl or cyclic N) is 1. The number of benzene rings is 1. The van der Waals surface area contributed by atoms with E-state index in [0.717, 1.165) is 32.5 Å². The quantitative estimate of drug-likeness (QED) is 0.255. The number of hydrogen-bond acceptors (Lipinski definition) is 11. The molecule has 0 bridgehead atoms. The van der Waals surface area contributed by atoms with Gasteiger partial charge in [-0.1, -0.05) is 18.6 Å². The Labute approximate surface area is 289 Å². The van der Waals surface area contributed by atoms with Crippen LogP contribution in [0.1, 0.15) is 30.9 Å². The molecular formula is C36H41F2N7O5. The molecule has 2 N–H and O–H groups in total. The van der Waals surface area contributed by atoms with Crippen LogP contribution >= 0.6 is 0 Å². The predicted molar refractivity (Wildman–Crippen MR) is 183 cm³/mol. The topological polar surface area (TPSA) is 125 Å². The molecule has 3 aromatic rings. The number of morpholine rings is 1. The van der Waals surface area contributed by atoms with Crippen molar-refractivity contribution in [2.24, 2.45) is 5.41 Å². The summed E-state index contributed by atoms with van der Waals surface area (Å²) in [7, 11) is 0. The minimum absolute atomic E-state index is 0.00459. The standard InChI is InChI=1S/C36H41F2N7O5/c1-4-25-27(37)7-6-23-16-35(3,47)20-45(31(23)25)33-29(38)30-26(17-39-33)32(44-12-15-49-19-24(18-44)40-28(46)5-2)42-34(41-30)50-22-36(8-9-36)21-43-10-13-48-14-11-43/h1,5-7,17,24,47H,2,8-16,18-22H2,3H3,(H,40,46)/t24-,35+/m1/s1. The molecule has 2 saturated heterocycles. The lowest BCUT2D eigenvalue weighted by Gasteiger charge is -2.39. The summed E-state index contributed by atoms with van der Waals surface area (Å²) in [6.45, 7) is 10.7. The molecule has 3 aliphatic heterocycles. The number of fused-ring (bicyclic) bond motifs is 2. The number of nitrogens with one attached hydrogen (secondary N) is 1. The van der Waals surface area contributed by atoms with Gasteiger partial charge in [0.05, 0.1) is 67.9 Å². The van der Waals surface area contributed by atoms with Crippen molar-refractivity contribution in [3.8, 4) is 18.4 Å². The summed E-state index contributed by atoms with van der Waals surface area (Å²) in [4.78, 5) is 31.8. The highest BCUT2D eigenvalue weighted by Crippen LogP contribution is 2.47. The second kappa shape index (κ2) is 13.7. The number of ether oxygens (including phenoxy) is 3. The van der Waals surface area contributed by atoms with Gasteiger partial charge in [0.1, 0.15) is 17.2 Å². The highest BCUT2D eigenvalue weighted by atomic mass is 19.1. The average Bonchev–Trinajstić information content (AvgIpc) is 3.91. The third-order valence-electron chi connectivity index (χ3n) is 9.80. The fourth-order valence-corrected chi connectivity index (χ4v) is 7.10. The number of nitrogens with zero attached hydrogens (tertiary/aromatic N) is 6. The van der Waals surface area contributed by atoms with Crippen molar-refractivity contribution in [2.45, 2.75) is 37.8 Å². The Morgan fingerprint density at radius 1 is 1.20 bits per heavy atom. The first-order valence-electron chi connectivity index (χ1n) is 16.9. The number of rotatable bonds is 9. The van der Waals surface area contributed by atoms with Gasteiger partial charge < -0.3 is 34.4 Å². The third-order valence-corrected chi connectivity index (χ3v) is 9.80. The number of carbonyl (C=O) groups is 1. The molecule has 1 aliphatic carbocycles. The van der Waals surface area contributed by atoms with E-state index in [-0.39, 0.29) is 59.5 Å². The molecule has 2 aromatic heterocycles. The number of hydrogen-bond donors (Lipinski definition) is 2. The number of aromatic nitrogens is 3. The van der Waals surface area contributed by atoms with E-state index in [1.165, 1.54) is 23.2 Å². The van der Waals surface area contributed by atoms with E-state index in [1.807, 2.05) is 4.90 Å². The van der Waals surface area contributed by atoms with Crippen LogP contribution in [0.4, 0.5) is 26.1 Å². The van der Waals surface area contributed by atoms with Crippen LogP contribution in [-0.4, -0.2) is 115 Å². The zero-order chi connectivity index (χ0) is 35.0. The molecule has 0 spiro atoms. The summed E-state index contributed by atoms with van der Waals surface area (Å²) in [6.07, 6.45) is 10.6. The minimum atomic E-state index is -1.29. The first kappa shape index (κ1) is 34.0. The molecule has 2 atom stereocenters. The smallest absolute Gasteiger partial charge is 0.319 e. The molecule has 0 unspecified atom stereocenters. The van der Waals surface area contributed by atoms with Crippen LogP contribution < -0.4 is 19.9 Å². The second-order valence-corrected chi connectivity index (χ2v) is 13.9. The summed E-state index contributed by atoms with van der Waals surface area (Å²) in [5.41, 5.74) is -0.612. The van der Waals surface area contributed by atoms with Gasteiger partial charge >= 0.3 is 6.01 Å². The Kier molecular flexibility index (Phi) is 9.34. The van der Waals surface area contributed by atoms with Crippen molar-refractivity contribution in [3.05, 3.63) is 53.7 Å².